The number of likely N-dealkylation sites (tertiary alicyclic amines) is 1. The smallest absolute Gasteiger partial charge is 0.227 e. The second kappa shape index (κ2) is 8.10. The second-order valence-corrected chi connectivity index (χ2v) is 7.68. The lowest BCUT2D eigenvalue weighted by Gasteiger charge is -2.37. The van der Waals surface area contributed by atoms with Gasteiger partial charge in [-0.05, 0) is 53.0 Å². The molecule has 2 aromatic heterocycles. The standard InChI is InChI=1S/C18H25BrN6/c1-23(2)17-6-7-21-18(22-17)24(3)16-5-4-8-25(13-16)12-14-9-15(19)11-20-10-14/h6-7,9-11,16H,4-5,8,12-13H2,1-3H3. The number of aromatic nitrogens is 3. The van der Waals surface area contributed by atoms with E-state index in [2.05, 4.69) is 53.8 Å². The van der Waals surface area contributed by atoms with Gasteiger partial charge in [0.15, 0.2) is 0 Å². The van der Waals surface area contributed by atoms with Crippen LogP contribution in [-0.2, 0) is 6.54 Å². The zero-order chi connectivity index (χ0) is 17.8. The van der Waals surface area contributed by atoms with Gasteiger partial charge in [0.05, 0.1) is 0 Å². The fourth-order valence-corrected chi connectivity index (χ4v) is 3.63. The molecule has 0 aliphatic carbocycles. The van der Waals surface area contributed by atoms with Crippen molar-refractivity contribution in [3.8, 4) is 0 Å². The molecule has 1 saturated heterocycles. The number of rotatable bonds is 5. The van der Waals surface area contributed by atoms with E-state index in [1.807, 2.05) is 43.7 Å². The Hall–Kier alpha value is -1.73. The normalized spacial score (nSPS) is 18.2. The molecule has 0 aromatic carbocycles. The average Bonchev–Trinajstić information content (AvgIpc) is 2.61. The molecule has 1 atom stereocenters. The van der Waals surface area contributed by atoms with E-state index < -0.39 is 0 Å². The number of pyridine rings is 1. The Morgan fingerprint density at radius 1 is 1.28 bits per heavy atom. The van der Waals surface area contributed by atoms with E-state index in [-0.39, 0.29) is 0 Å². The van der Waals surface area contributed by atoms with Crippen LogP contribution < -0.4 is 9.80 Å². The van der Waals surface area contributed by atoms with Gasteiger partial charge in [-0.15, -0.1) is 0 Å². The molecule has 2 aromatic rings. The minimum absolute atomic E-state index is 0.422. The van der Waals surface area contributed by atoms with Gasteiger partial charge < -0.3 is 9.80 Å². The molecule has 7 heteroatoms. The average molecular weight is 405 g/mol. The minimum atomic E-state index is 0.422. The Labute approximate surface area is 158 Å². The van der Waals surface area contributed by atoms with Gasteiger partial charge >= 0.3 is 0 Å². The van der Waals surface area contributed by atoms with Crippen LogP contribution in [0.1, 0.15) is 18.4 Å². The molecular formula is C18H25BrN6. The van der Waals surface area contributed by atoms with Crippen molar-refractivity contribution in [2.24, 2.45) is 0 Å². The summed E-state index contributed by atoms with van der Waals surface area (Å²) in [4.78, 5) is 20.1. The van der Waals surface area contributed by atoms with Gasteiger partial charge in [0.2, 0.25) is 5.95 Å². The van der Waals surface area contributed by atoms with E-state index in [1.54, 1.807) is 0 Å². The van der Waals surface area contributed by atoms with Crippen molar-refractivity contribution < 1.29 is 0 Å². The van der Waals surface area contributed by atoms with Crippen LogP contribution in [0.3, 0.4) is 0 Å². The fraction of sp³-hybridized carbons (Fsp3) is 0.500. The van der Waals surface area contributed by atoms with Crippen LogP contribution in [0.2, 0.25) is 0 Å². The molecular weight excluding hydrogens is 380 g/mol. The third-order valence-corrected chi connectivity index (χ3v) is 5.03. The Balaban J connectivity index is 1.67. The molecule has 1 fully saturated rings. The Bertz CT molecular complexity index is 707. The van der Waals surface area contributed by atoms with Crippen molar-refractivity contribution in [2.75, 3.05) is 44.0 Å². The summed E-state index contributed by atoms with van der Waals surface area (Å²) in [6.45, 7) is 3.06. The van der Waals surface area contributed by atoms with Crippen LogP contribution in [0, 0.1) is 0 Å². The maximum Gasteiger partial charge on any atom is 0.227 e. The van der Waals surface area contributed by atoms with Crippen LogP contribution >= 0.6 is 15.9 Å². The zero-order valence-corrected chi connectivity index (χ0v) is 16.6. The third-order valence-electron chi connectivity index (χ3n) is 4.60. The van der Waals surface area contributed by atoms with E-state index in [0.717, 1.165) is 35.9 Å². The van der Waals surface area contributed by atoms with Gasteiger partial charge in [-0.1, -0.05) is 0 Å². The SMILES string of the molecule is CN(C)c1ccnc(N(C)C2CCCN(Cc3cncc(Br)c3)C2)n1. The van der Waals surface area contributed by atoms with Crippen molar-refractivity contribution >= 4 is 27.7 Å². The van der Waals surface area contributed by atoms with Crippen molar-refractivity contribution in [3.63, 3.8) is 0 Å². The van der Waals surface area contributed by atoms with Gasteiger partial charge in [0.25, 0.3) is 0 Å². The number of nitrogens with zero attached hydrogens (tertiary/aromatic N) is 6. The van der Waals surface area contributed by atoms with E-state index in [0.29, 0.717) is 6.04 Å². The molecule has 0 N–H and O–H groups in total. The first-order chi connectivity index (χ1) is 12.0. The largest absolute Gasteiger partial charge is 0.363 e. The molecule has 0 saturated carbocycles. The molecule has 0 amide bonds. The molecule has 134 valence electrons. The summed E-state index contributed by atoms with van der Waals surface area (Å²) in [5.74, 6) is 1.73. The lowest BCUT2D eigenvalue weighted by molar-refractivity contribution is 0.198. The number of halogens is 1. The summed E-state index contributed by atoms with van der Waals surface area (Å²) >= 11 is 3.50. The summed E-state index contributed by atoms with van der Waals surface area (Å²) in [5.41, 5.74) is 1.24. The maximum atomic E-state index is 4.67. The topological polar surface area (TPSA) is 48.4 Å². The lowest BCUT2D eigenvalue weighted by atomic mass is 10.0. The predicted molar refractivity (Wildman–Crippen MR) is 105 cm³/mol. The van der Waals surface area contributed by atoms with Gasteiger partial charge in [0, 0.05) is 63.3 Å². The molecule has 1 aliphatic rings. The summed E-state index contributed by atoms with van der Waals surface area (Å²) in [6.07, 6.45) is 7.96. The van der Waals surface area contributed by atoms with E-state index in [1.165, 1.54) is 18.4 Å². The van der Waals surface area contributed by atoms with Crippen LogP contribution in [0.25, 0.3) is 0 Å². The highest BCUT2D eigenvalue weighted by Gasteiger charge is 2.25. The number of hydrogen-bond acceptors (Lipinski definition) is 6. The molecule has 3 rings (SSSR count). The summed E-state index contributed by atoms with van der Waals surface area (Å²) in [5, 5.41) is 0. The zero-order valence-electron chi connectivity index (χ0n) is 15.1. The van der Waals surface area contributed by atoms with Gasteiger partial charge in [0.1, 0.15) is 5.82 Å². The predicted octanol–water partition coefficient (Wildman–Crippen LogP) is 2.80. The molecule has 3 heterocycles. The van der Waals surface area contributed by atoms with Gasteiger partial charge in [-0.3, -0.25) is 9.88 Å². The van der Waals surface area contributed by atoms with Crippen LogP contribution in [-0.4, -0.2) is 60.1 Å². The monoisotopic (exact) mass is 404 g/mol. The molecule has 25 heavy (non-hydrogen) atoms. The molecule has 1 unspecified atom stereocenters. The first kappa shape index (κ1) is 18.1. The summed E-state index contributed by atoms with van der Waals surface area (Å²) < 4.78 is 1.03. The lowest BCUT2D eigenvalue weighted by Crippen LogP contribution is -2.46. The highest BCUT2D eigenvalue weighted by atomic mass is 79.9. The Kier molecular flexibility index (Phi) is 5.86. The molecule has 1 aliphatic heterocycles. The second-order valence-electron chi connectivity index (χ2n) is 6.76. The number of anilines is 2. The molecule has 0 radical (unpaired) electrons. The Morgan fingerprint density at radius 3 is 2.88 bits per heavy atom. The molecule has 0 bridgehead atoms. The van der Waals surface area contributed by atoms with Crippen LogP contribution in [0.4, 0.5) is 11.8 Å². The quantitative estimate of drug-likeness (QED) is 0.763. The first-order valence-electron chi connectivity index (χ1n) is 8.58. The van der Waals surface area contributed by atoms with Crippen LogP contribution in [0.5, 0.6) is 0 Å². The van der Waals surface area contributed by atoms with Crippen molar-refractivity contribution in [1.29, 1.82) is 0 Å². The van der Waals surface area contributed by atoms with E-state index in [4.69, 9.17) is 0 Å². The number of hydrogen-bond donors (Lipinski definition) is 0. The molecule has 6 nitrogen and oxygen atoms in total. The van der Waals surface area contributed by atoms with Crippen molar-refractivity contribution in [2.45, 2.75) is 25.4 Å². The van der Waals surface area contributed by atoms with Crippen molar-refractivity contribution in [3.05, 3.63) is 40.8 Å². The maximum absolute atomic E-state index is 4.67. The highest BCUT2D eigenvalue weighted by molar-refractivity contribution is 9.10. The summed E-state index contributed by atoms with van der Waals surface area (Å²) in [6, 6.07) is 4.50. The van der Waals surface area contributed by atoms with E-state index in [9.17, 15) is 0 Å². The number of piperidine rings is 1. The van der Waals surface area contributed by atoms with Crippen LogP contribution in [0.15, 0.2) is 35.2 Å². The number of likely N-dealkylation sites (N-methyl/N-ethyl adjacent to an activating group) is 1. The van der Waals surface area contributed by atoms with Gasteiger partial charge in [-0.2, -0.15) is 4.98 Å². The third kappa shape index (κ3) is 4.67. The first-order valence-corrected chi connectivity index (χ1v) is 9.37. The highest BCUT2D eigenvalue weighted by Crippen LogP contribution is 2.21. The summed E-state index contributed by atoms with van der Waals surface area (Å²) in [7, 11) is 6.10. The Morgan fingerprint density at radius 2 is 2.12 bits per heavy atom. The van der Waals surface area contributed by atoms with Crippen molar-refractivity contribution in [1.82, 2.24) is 19.9 Å². The minimum Gasteiger partial charge on any atom is -0.363 e. The fourth-order valence-electron chi connectivity index (χ4n) is 3.21. The van der Waals surface area contributed by atoms with E-state index >= 15 is 0 Å². The van der Waals surface area contributed by atoms with Gasteiger partial charge in [-0.25, -0.2) is 4.98 Å². The molecule has 0 spiro atoms.